The van der Waals surface area contributed by atoms with Crippen LogP contribution in [0, 0.1) is 0 Å². The number of hydrogen-bond donors (Lipinski definition) is 1. The first-order valence-electron chi connectivity index (χ1n) is 12.6. The predicted octanol–water partition coefficient (Wildman–Crippen LogP) is 3.96. The molecule has 0 aromatic carbocycles. The molecule has 2 aliphatic rings. The minimum absolute atomic E-state index is 0.0915. The summed E-state index contributed by atoms with van der Waals surface area (Å²) in [6.45, 7) is 8.75. The van der Waals surface area contributed by atoms with Gasteiger partial charge in [0.1, 0.15) is 23.7 Å². The molecular weight excluding hydrogens is 472 g/mol. The van der Waals surface area contributed by atoms with E-state index in [1.807, 2.05) is 36.6 Å². The van der Waals surface area contributed by atoms with Crippen LogP contribution in [0.3, 0.4) is 0 Å². The van der Waals surface area contributed by atoms with Gasteiger partial charge < -0.3 is 19.5 Å². The van der Waals surface area contributed by atoms with Crippen molar-refractivity contribution in [2.75, 3.05) is 16.8 Å². The lowest BCUT2D eigenvalue weighted by Crippen LogP contribution is -2.34. The van der Waals surface area contributed by atoms with Gasteiger partial charge in [-0.1, -0.05) is 6.07 Å². The van der Waals surface area contributed by atoms with Crippen molar-refractivity contribution in [1.29, 1.82) is 0 Å². The van der Waals surface area contributed by atoms with Gasteiger partial charge in [-0.15, -0.1) is 10.2 Å². The predicted molar refractivity (Wildman–Crippen MR) is 139 cm³/mol. The zero-order valence-electron chi connectivity index (χ0n) is 21.8. The fourth-order valence-electron chi connectivity index (χ4n) is 5.24. The van der Waals surface area contributed by atoms with Crippen LogP contribution in [0.5, 0.6) is 0 Å². The number of rotatable bonds is 6. The van der Waals surface area contributed by atoms with Gasteiger partial charge in [0, 0.05) is 30.7 Å². The van der Waals surface area contributed by atoms with Crippen molar-refractivity contribution in [3.05, 3.63) is 47.4 Å². The average molecular weight is 505 g/mol. The Morgan fingerprint density at radius 1 is 1.16 bits per heavy atom. The topological polar surface area (TPSA) is 121 Å². The molecule has 2 atom stereocenters. The van der Waals surface area contributed by atoms with Gasteiger partial charge in [0.25, 0.3) is 5.91 Å². The zero-order valence-corrected chi connectivity index (χ0v) is 21.8. The molecule has 3 aromatic heterocycles. The van der Waals surface area contributed by atoms with Crippen molar-refractivity contribution in [1.82, 2.24) is 29.6 Å². The van der Waals surface area contributed by atoms with Gasteiger partial charge in [0.05, 0.1) is 24.3 Å². The number of aromatic nitrogens is 5. The molecule has 194 valence electrons. The number of hydrogen-bond acceptors (Lipinski definition) is 7. The molecule has 5 heterocycles. The Morgan fingerprint density at radius 2 is 1.89 bits per heavy atom. The van der Waals surface area contributed by atoms with E-state index in [0.717, 1.165) is 18.4 Å². The van der Waals surface area contributed by atoms with Gasteiger partial charge in [0.15, 0.2) is 5.82 Å². The smallest absolute Gasteiger partial charge is 0.407 e. The molecule has 1 saturated heterocycles. The maximum absolute atomic E-state index is 13.7. The van der Waals surface area contributed by atoms with Crippen LogP contribution in [0.4, 0.5) is 16.4 Å². The SMILES string of the molecule is CC(C)n1cnnc1-c1cccc(N2Cc3c(cc(N4[C@H](C)CC[C@H]4C)nc3CN(C)C(=O)O)C2=O)n1. The van der Waals surface area contributed by atoms with Gasteiger partial charge in [-0.05, 0) is 58.7 Å². The number of fused-ring (bicyclic) bond motifs is 1. The van der Waals surface area contributed by atoms with E-state index in [0.29, 0.717) is 34.4 Å². The number of anilines is 2. The zero-order chi connectivity index (χ0) is 26.4. The third-order valence-corrected chi connectivity index (χ3v) is 7.29. The Hall–Kier alpha value is -4.02. The lowest BCUT2D eigenvalue weighted by Gasteiger charge is -2.28. The first-order valence-corrected chi connectivity index (χ1v) is 12.6. The first kappa shape index (κ1) is 24.7. The Morgan fingerprint density at radius 3 is 2.57 bits per heavy atom. The van der Waals surface area contributed by atoms with Crippen LogP contribution >= 0.6 is 0 Å². The molecule has 11 nitrogen and oxygen atoms in total. The Balaban J connectivity index is 1.54. The van der Waals surface area contributed by atoms with Crippen LogP contribution < -0.4 is 9.80 Å². The summed E-state index contributed by atoms with van der Waals surface area (Å²) in [6.07, 6.45) is 2.71. The molecule has 1 N–H and O–H groups in total. The fourth-order valence-corrected chi connectivity index (χ4v) is 5.24. The third kappa shape index (κ3) is 4.38. The van der Waals surface area contributed by atoms with Crippen molar-refractivity contribution >= 4 is 23.6 Å². The van der Waals surface area contributed by atoms with E-state index in [1.54, 1.807) is 17.3 Å². The van der Waals surface area contributed by atoms with Gasteiger partial charge in [-0.2, -0.15) is 0 Å². The molecule has 0 saturated carbocycles. The number of pyridine rings is 2. The van der Waals surface area contributed by atoms with Crippen LogP contribution in [-0.2, 0) is 13.1 Å². The highest BCUT2D eigenvalue weighted by atomic mass is 16.4. The molecule has 37 heavy (non-hydrogen) atoms. The largest absolute Gasteiger partial charge is 0.465 e. The number of nitrogens with zero attached hydrogens (tertiary/aromatic N) is 8. The standard InChI is InChI=1S/C26H32N8O3/c1-15(2)33-14-27-30-24(33)20-7-6-8-22(28-20)32-12-19-18(25(32)35)11-23(34-16(3)9-10-17(34)4)29-21(19)13-31(5)26(36)37/h6-8,11,14-17H,9-10,12-13H2,1-5H3,(H,36,37)/t16-,17-/m1/s1. The van der Waals surface area contributed by atoms with Crippen LogP contribution in [0.15, 0.2) is 30.6 Å². The molecule has 0 aliphatic carbocycles. The Bertz CT molecular complexity index is 1340. The second kappa shape index (κ2) is 9.45. The Kier molecular flexibility index (Phi) is 6.30. The summed E-state index contributed by atoms with van der Waals surface area (Å²) in [6, 6.07) is 8.09. The highest BCUT2D eigenvalue weighted by Crippen LogP contribution is 2.36. The highest BCUT2D eigenvalue weighted by molar-refractivity contribution is 6.10. The Labute approximate surface area is 215 Å². The number of carbonyl (C=O) groups is 2. The number of amides is 2. The van der Waals surface area contributed by atoms with Crippen molar-refractivity contribution in [2.45, 2.75) is 71.8 Å². The molecule has 2 aliphatic heterocycles. The first-order chi connectivity index (χ1) is 17.7. The van der Waals surface area contributed by atoms with E-state index in [4.69, 9.17) is 9.97 Å². The lowest BCUT2D eigenvalue weighted by molar-refractivity contribution is 0.0995. The summed E-state index contributed by atoms with van der Waals surface area (Å²) in [5.74, 6) is 1.67. The van der Waals surface area contributed by atoms with E-state index in [9.17, 15) is 14.7 Å². The maximum Gasteiger partial charge on any atom is 0.407 e. The second-order valence-electron chi connectivity index (χ2n) is 10.2. The van der Waals surface area contributed by atoms with E-state index >= 15 is 0 Å². The molecule has 3 aromatic rings. The van der Waals surface area contributed by atoms with E-state index in [2.05, 4.69) is 28.9 Å². The van der Waals surface area contributed by atoms with Crippen molar-refractivity contribution in [3.63, 3.8) is 0 Å². The number of carbonyl (C=O) groups excluding carboxylic acids is 1. The van der Waals surface area contributed by atoms with Crippen molar-refractivity contribution in [2.24, 2.45) is 0 Å². The van der Waals surface area contributed by atoms with Crippen LogP contribution in [0.1, 0.15) is 68.2 Å². The third-order valence-electron chi connectivity index (χ3n) is 7.29. The molecule has 0 spiro atoms. The monoisotopic (exact) mass is 504 g/mol. The maximum atomic E-state index is 13.7. The quantitative estimate of drug-likeness (QED) is 0.535. The van der Waals surface area contributed by atoms with Gasteiger partial charge in [-0.3, -0.25) is 9.69 Å². The average Bonchev–Trinajstić information content (AvgIpc) is 3.57. The highest BCUT2D eigenvalue weighted by Gasteiger charge is 2.36. The van der Waals surface area contributed by atoms with Gasteiger partial charge >= 0.3 is 6.09 Å². The fraction of sp³-hybridized carbons (Fsp3) is 0.462. The summed E-state index contributed by atoms with van der Waals surface area (Å²) in [4.78, 5) is 40.1. The molecule has 11 heteroatoms. The summed E-state index contributed by atoms with van der Waals surface area (Å²) in [7, 11) is 1.51. The van der Waals surface area contributed by atoms with Crippen molar-refractivity contribution in [3.8, 4) is 11.5 Å². The second-order valence-corrected chi connectivity index (χ2v) is 10.2. The summed E-state index contributed by atoms with van der Waals surface area (Å²) in [5.41, 5.74) is 2.49. The van der Waals surface area contributed by atoms with Crippen LogP contribution in [0.2, 0.25) is 0 Å². The molecule has 1 fully saturated rings. The van der Waals surface area contributed by atoms with Gasteiger partial charge in [-0.25, -0.2) is 14.8 Å². The van der Waals surface area contributed by atoms with Crippen LogP contribution in [-0.4, -0.2) is 65.9 Å². The van der Waals surface area contributed by atoms with E-state index in [1.165, 1.54) is 11.9 Å². The molecule has 2 amide bonds. The minimum atomic E-state index is -1.05. The number of carboxylic acid groups (broad SMARTS) is 1. The lowest BCUT2D eigenvalue weighted by atomic mass is 10.1. The van der Waals surface area contributed by atoms with Crippen LogP contribution in [0.25, 0.3) is 11.5 Å². The normalized spacial score (nSPS) is 19.1. The summed E-state index contributed by atoms with van der Waals surface area (Å²) >= 11 is 0. The molecule has 5 rings (SSSR count). The molecule has 0 radical (unpaired) electrons. The summed E-state index contributed by atoms with van der Waals surface area (Å²) in [5, 5.41) is 17.8. The van der Waals surface area contributed by atoms with Gasteiger partial charge in [0.2, 0.25) is 0 Å². The minimum Gasteiger partial charge on any atom is -0.465 e. The van der Waals surface area contributed by atoms with E-state index < -0.39 is 6.09 Å². The molecular formula is C26H32N8O3. The van der Waals surface area contributed by atoms with Crippen molar-refractivity contribution < 1.29 is 14.7 Å². The molecule has 0 unspecified atom stereocenters. The molecule has 0 bridgehead atoms. The van der Waals surface area contributed by atoms with E-state index in [-0.39, 0.29) is 37.1 Å². The summed E-state index contributed by atoms with van der Waals surface area (Å²) < 4.78 is 1.93.